The van der Waals surface area contributed by atoms with Gasteiger partial charge in [0.15, 0.2) is 6.10 Å². The molecule has 3 rings (SSSR count). The van der Waals surface area contributed by atoms with Crippen molar-refractivity contribution < 1.29 is 23.7 Å². The topological polar surface area (TPSA) is 54.0 Å². The van der Waals surface area contributed by atoms with E-state index in [-0.39, 0.29) is 24.6 Å². The lowest BCUT2D eigenvalue weighted by Crippen LogP contribution is -2.27. The molecular weight excluding hydrogens is 248 g/mol. The summed E-state index contributed by atoms with van der Waals surface area (Å²) in [6.45, 7) is 1.94. The molecule has 0 aliphatic carbocycles. The number of carbonyl (C=O) groups excluding carboxylic acids is 1. The summed E-state index contributed by atoms with van der Waals surface area (Å²) < 4.78 is 22.0. The van der Waals surface area contributed by atoms with Crippen LogP contribution in [0.4, 0.5) is 0 Å². The molecule has 5 heteroatoms. The first kappa shape index (κ1) is 12.3. The summed E-state index contributed by atoms with van der Waals surface area (Å²) in [5, 5.41) is 0. The third kappa shape index (κ3) is 1.76. The monoisotopic (exact) mass is 264 g/mol. The highest BCUT2D eigenvalue weighted by molar-refractivity contribution is 5.74. The molecular formula is C14H16O5. The molecule has 1 aromatic carbocycles. The van der Waals surface area contributed by atoms with Crippen molar-refractivity contribution >= 4 is 5.97 Å². The summed E-state index contributed by atoms with van der Waals surface area (Å²) in [7, 11) is 3.22. The number of benzene rings is 1. The highest BCUT2D eigenvalue weighted by Gasteiger charge is 2.45. The van der Waals surface area contributed by atoms with Crippen molar-refractivity contribution in [3.8, 4) is 11.5 Å². The summed E-state index contributed by atoms with van der Waals surface area (Å²) in [6.07, 6.45) is -0.509. The van der Waals surface area contributed by atoms with Crippen LogP contribution in [0.25, 0.3) is 0 Å². The van der Waals surface area contributed by atoms with Crippen LogP contribution in [-0.2, 0) is 14.3 Å². The Labute approximate surface area is 111 Å². The molecule has 2 heterocycles. The van der Waals surface area contributed by atoms with E-state index in [0.29, 0.717) is 5.75 Å². The largest absolute Gasteiger partial charge is 0.496 e. The van der Waals surface area contributed by atoms with Gasteiger partial charge in [-0.2, -0.15) is 0 Å². The summed E-state index contributed by atoms with van der Waals surface area (Å²) in [4.78, 5) is 11.5. The number of hydrogen-bond donors (Lipinski definition) is 0. The lowest BCUT2D eigenvalue weighted by atomic mass is 9.90. The van der Waals surface area contributed by atoms with Gasteiger partial charge < -0.3 is 18.9 Å². The van der Waals surface area contributed by atoms with Crippen LogP contribution in [0.5, 0.6) is 11.5 Å². The second kappa shape index (κ2) is 4.42. The van der Waals surface area contributed by atoms with Crippen LogP contribution < -0.4 is 9.47 Å². The molecule has 2 aliphatic heterocycles. The maximum Gasteiger partial charge on any atom is 0.309 e. The van der Waals surface area contributed by atoms with Gasteiger partial charge in [0.1, 0.15) is 17.6 Å². The van der Waals surface area contributed by atoms with Gasteiger partial charge in [0.25, 0.3) is 0 Å². The molecule has 1 fully saturated rings. The van der Waals surface area contributed by atoms with Crippen LogP contribution in [0.2, 0.25) is 0 Å². The molecule has 0 bridgehead atoms. The fourth-order valence-corrected chi connectivity index (χ4v) is 2.90. The highest BCUT2D eigenvalue weighted by Crippen LogP contribution is 2.50. The summed E-state index contributed by atoms with van der Waals surface area (Å²) in [5.41, 5.74) is 1.77. The van der Waals surface area contributed by atoms with Crippen molar-refractivity contribution in [2.75, 3.05) is 14.2 Å². The number of fused-ring (bicyclic) bond motifs is 3. The van der Waals surface area contributed by atoms with Crippen LogP contribution in [-0.4, -0.2) is 26.3 Å². The molecule has 5 nitrogen and oxygen atoms in total. The predicted molar refractivity (Wildman–Crippen MR) is 66.3 cm³/mol. The minimum Gasteiger partial charge on any atom is -0.496 e. The maximum absolute atomic E-state index is 11.5. The Morgan fingerprint density at radius 3 is 2.42 bits per heavy atom. The smallest absolute Gasteiger partial charge is 0.309 e. The second-order valence-electron chi connectivity index (χ2n) is 4.73. The van der Waals surface area contributed by atoms with E-state index in [0.717, 1.165) is 16.9 Å². The first-order valence-electron chi connectivity index (χ1n) is 6.25. The van der Waals surface area contributed by atoms with E-state index in [1.54, 1.807) is 14.2 Å². The first-order valence-corrected chi connectivity index (χ1v) is 6.25. The third-order valence-corrected chi connectivity index (χ3v) is 3.68. The number of esters is 1. The minimum atomic E-state index is -0.399. The molecule has 0 spiro atoms. The van der Waals surface area contributed by atoms with E-state index in [1.807, 2.05) is 19.1 Å². The average molecular weight is 264 g/mol. The van der Waals surface area contributed by atoms with Crippen molar-refractivity contribution in [1.29, 1.82) is 0 Å². The Morgan fingerprint density at radius 2 is 1.79 bits per heavy atom. The number of ether oxygens (including phenoxy) is 4. The van der Waals surface area contributed by atoms with Gasteiger partial charge in [-0.3, -0.25) is 4.79 Å². The number of carbonyl (C=O) groups is 1. The van der Waals surface area contributed by atoms with Gasteiger partial charge >= 0.3 is 5.97 Å². The number of rotatable bonds is 2. The standard InChI is InChI=1S/C14H16O5/c1-7-12-8(16-2)4-5-9(17-3)13(12)14-10(18-7)6-11(15)19-14/h4-5,7,10,14H,6H2,1-3H3/t7-,10+,14-/m1/s1. The molecule has 0 saturated carbocycles. The summed E-state index contributed by atoms with van der Waals surface area (Å²) in [6, 6.07) is 3.67. The molecule has 0 unspecified atom stereocenters. The molecule has 3 atom stereocenters. The fourth-order valence-electron chi connectivity index (χ4n) is 2.90. The predicted octanol–water partition coefficient (Wildman–Crippen LogP) is 2.15. The molecule has 0 radical (unpaired) electrons. The number of hydrogen-bond acceptors (Lipinski definition) is 5. The van der Waals surface area contributed by atoms with E-state index < -0.39 is 6.10 Å². The maximum atomic E-state index is 11.5. The molecule has 1 aromatic rings. The Hall–Kier alpha value is -1.75. The zero-order valence-corrected chi connectivity index (χ0v) is 11.1. The van der Waals surface area contributed by atoms with Crippen LogP contribution in [0.1, 0.15) is 36.7 Å². The van der Waals surface area contributed by atoms with Crippen molar-refractivity contribution in [2.45, 2.75) is 31.7 Å². The van der Waals surface area contributed by atoms with E-state index >= 15 is 0 Å². The van der Waals surface area contributed by atoms with Gasteiger partial charge in [-0.1, -0.05) is 0 Å². The molecule has 0 N–H and O–H groups in total. The van der Waals surface area contributed by atoms with Crippen molar-refractivity contribution in [1.82, 2.24) is 0 Å². The molecule has 2 aliphatic rings. The summed E-state index contributed by atoms with van der Waals surface area (Å²) in [5.74, 6) is 1.19. The Kier molecular flexibility index (Phi) is 2.86. The van der Waals surface area contributed by atoms with Gasteiger partial charge in [-0.05, 0) is 19.1 Å². The fraction of sp³-hybridized carbons (Fsp3) is 0.500. The third-order valence-electron chi connectivity index (χ3n) is 3.68. The molecule has 19 heavy (non-hydrogen) atoms. The first-order chi connectivity index (χ1) is 9.15. The average Bonchev–Trinajstić information content (AvgIpc) is 2.77. The van der Waals surface area contributed by atoms with Gasteiger partial charge in [0.05, 0.1) is 26.7 Å². The summed E-state index contributed by atoms with van der Waals surface area (Å²) >= 11 is 0. The Balaban J connectivity index is 2.19. The second-order valence-corrected chi connectivity index (χ2v) is 4.73. The lowest BCUT2D eigenvalue weighted by Gasteiger charge is -2.33. The van der Waals surface area contributed by atoms with Crippen LogP contribution >= 0.6 is 0 Å². The quantitative estimate of drug-likeness (QED) is 0.766. The van der Waals surface area contributed by atoms with Gasteiger partial charge in [-0.15, -0.1) is 0 Å². The van der Waals surface area contributed by atoms with E-state index in [4.69, 9.17) is 18.9 Å². The normalized spacial score (nSPS) is 28.4. The van der Waals surface area contributed by atoms with Gasteiger partial charge in [-0.25, -0.2) is 0 Å². The zero-order valence-electron chi connectivity index (χ0n) is 11.1. The zero-order chi connectivity index (χ0) is 13.6. The minimum absolute atomic E-state index is 0.157. The van der Waals surface area contributed by atoms with Crippen LogP contribution in [0.3, 0.4) is 0 Å². The van der Waals surface area contributed by atoms with Crippen molar-refractivity contribution in [2.24, 2.45) is 0 Å². The van der Waals surface area contributed by atoms with Crippen LogP contribution in [0, 0.1) is 0 Å². The Bertz CT molecular complexity index is 525. The SMILES string of the molecule is COc1ccc(OC)c2c1[C@@H](C)O[C@H]1CC(=O)O[C@@H]21. The van der Waals surface area contributed by atoms with Crippen molar-refractivity contribution in [3.05, 3.63) is 23.3 Å². The highest BCUT2D eigenvalue weighted by atomic mass is 16.6. The molecule has 1 saturated heterocycles. The number of methoxy groups -OCH3 is 2. The van der Waals surface area contributed by atoms with E-state index in [9.17, 15) is 4.79 Å². The van der Waals surface area contributed by atoms with Gasteiger partial charge in [0, 0.05) is 11.1 Å². The van der Waals surface area contributed by atoms with Crippen molar-refractivity contribution in [3.63, 3.8) is 0 Å². The molecule has 102 valence electrons. The van der Waals surface area contributed by atoms with E-state index in [2.05, 4.69) is 0 Å². The molecule has 0 amide bonds. The van der Waals surface area contributed by atoms with Gasteiger partial charge in [0.2, 0.25) is 0 Å². The Morgan fingerprint density at radius 1 is 1.16 bits per heavy atom. The molecule has 0 aromatic heterocycles. The van der Waals surface area contributed by atoms with Crippen LogP contribution in [0.15, 0.2) is 12.1 Å². The lowest BCUT2D eigenvalue weighted by molar-refractivity contribution is -0.143. The van der Waals surface area contributed by atoms with E-state index in [1.165, 1.54) is 0 Å².